The Labute approximate surface area is 159 Å². The second-order valence-electron chi connectivity index (χ2n) is 6.13. The second kappa shape index (κ2) is 7.84. The number of aromatic nitrogens is 1. The molecule has 0 saturated heterocycles. The summed E-state index contributed by atoms with van der Waals surface area (Å²) in [4.78, 5) is 29.2. The number of benzene rings is 2. The summed E-state index contributed by atoms with van der Waals surface area (Å²) >= 11 is 1.33. The molecule has 1 heterocycles. The zero-order valence-corrected chi connectivity index (χ0v) is 16.1. The number of esters is 1. The first-order chi connectivity index (χ1) is 12.9. The van der Waals surface area contributed by atoms with E-state index in [0.717, 1.165) is 21.3 Å². The molecule has 0 unspecified atom stereocenters. The third-order valence-electron chi connectivity index (χ3n) is 3.99. The quantitative estimate of drug-likeness (QED) is 0.642. The Morgan fingerprint density at radius 2 is 1.89 bits per heavy atom. The lowest BCUT2D eigenvalue weighted by atomic mass is 10.1. The number of halogens is 1. The highest BCUT2D eigenvalue weighted by atomic mass is 32.1. The van der Waals surface area contributed by atoms with Gasteiger partial charge in [-0.2, -0.15) is 4.99 Å². The van der Waals surface area contributed by atoms with Crippen LogP contribution in [0.3, 0.4) is 0 Å². The van der Waals surface area contributed by atoms with Crippen molar-refractivity contribution >= 4 is 33.4 Å². The molecule has 3 aromatic rings. The Hall–Kier alpha value is -2.80. The summed E-state index contributed by atoms with van der Waals surface area (Å²) in [6.45, 7) is 5.93. The number of rotatable bonds is 4. The van der Waals surface area contributed by atoms with E-state index in [9.17, 15) is 14.0 Å². The lowest BCUT2D eigenvalue weighted by molar-refractivity contribution is -0.143. The molecule has 0 saturated carbocycles. The Bertz CT molecular complexity index is 1080. The molecule has 1 amide bonds. The fourth-order valence-electron chi connectivity index (χ4n) is 2.90. The fraction of sp³-hybridized carbons (Fsp3) is 0.250. The molecule has 0 spiro atoms. The molecule has 2 aromatic carbocycles. The van der Waals surface area contributed by atoms with Crippen molar-refractivity contribution < 1.29 is 18.7 Å². The number of fused-ring (bicyclic) bond motifs is 1. The van der Waals surface area contributed by atoms with Gasteiger partial charge in [0.1, 0.15) is 12.4 Å². The van der Waals surface area contributed by atoms with Gasteiger partial charge in [0.25, 0.3) is 5.91 Å². The van der Waals surface area contributed by atoms with Crippen molar-refractivity contribution in [1.29, 1.82) is 0 Å². The number of carbonyl (C=O) groups excluding carboxylic acids is 2. The lowest BCUT2D eigenvalue weighted by Crippen LogP contribution is -2.23. The minimum absolute atomic E-state index is 0.0345. The summed E-state index contributed by atoms with van der Waals surface area (Å²) in [5, 5.41) is 0. The van der Waals surface area contributed by atoms with E-state index in [1.165, 1.54) is 35.6 Å². The van der Waals surface area contributed by atoms with Crippen LogP contribution in [0.2, 0.25) is 0 Å². The van der Waals surface area contributed by atoms with Crippen LogP contribution in [0.1, 0.15) is 28.4 Å². The zero-order chi connectivity index (χ0) is 19.6. The van der Waals surface area contributed by atoms with Gasteiger partial charge in [0.15, 0.2) is 4.80 Å². The highest BCUT2D eigenvalue weighted by Crippen LogP contribution is 2.23. The van der Waals surface area contributed by atoms with Crippen LogP contribution in [0.15, 0.2) is 41.4 Å². The topological polar surface area (TPSA) is 60.7 Å². The van der Waals surface area contributed by atoms with Crippen molar-refractivity contribution in [3.05, 3.63) is 63.7 Å². The number of thiazole rings is 1. The van der Waals surface area contributed by atoms with Crippen molar-refractivity contribution in [2.75, 3.05) is 6.61 Å². The summed E-state index contributed by atoms with van der Waals surface area (Å²) in [7, 11) is 0. The maximum atomic E-state index is 13.1. The number of hydrogen-bond acceptors (Lipinski definition) is 4. The highest BCUT2D eigenvalue weighted by molar-refractivity contribution is 7.16. The van der Waals surface area contributed by atoms with Gasteiger partial charge in [0.2, 0.25) is 0 Å². The molecular formula is C20H19FN2O3S. The average Bonchev–Trinajstić information content (AvgIpc) is 2.92. The lowest BCUT2D eigenvalue weighted by Gasteiger charge is -2.07. The van der Waals surface area contributed by atoms with Crippen molar-refractivity contribution in [2.45, 2.75) is 27.3 Å². The Morgan fingerprint density at radius 3 is 2.56 bits per heavy atom. The molecular weight excluding hydrogens is 367 g/mol. The monoisotopic (exact) mass is 386 g/mol. The number of ether oxygens (including phenoxy) is 1. The predicted molar refractivity (Wildman–Crippen MR) is 102 cm³/mol. The third-order valence-corrected chi connectivity index (χ3v) is 5.02. The Morgan fingerprint density at radius 1 is 1.19 bits per heavy atom. The Kier molecular flexibility index (Phi) is 5.51. The molecule has 140 valence electrons. The molecule has 0 aliphatic carbocycles. The van der Waals surface area contributed by atoms with E-state index >= 15 is 0 Å². The molecule has 0 atom stereocenters. The minimum Gasteiger partial charge on any atom is -0.465 e. The minimum atomic E-state index is -0.492. The number of carbonyl (C=O) groups is 2. The van der Waals surface area contributed by atoms with Gasteiger partial charge in [0.05, 0.1) is 16.8 Å². The number of amides is 1. The van der Waals surface area contributed by atoms with Crippen LogP contribution in [0.25, 0.3) is 10.2 Å². The van der Waals surface area contributed by atoms with Crippen molar-refractivity contribution in [3.63, 3.8) is 0 Å². The van der Waals surface area contributed by atoms with E-state index in [0.29, 0.717) is 4.80 Å². The molecule has 0 aliphatic heterocycles. The van der Waals surface area contributed by atoms with Gasteiger partial charge in [-0.1, -0.05) is 17.4 Å². The normalized spacial score (nSPS) is 11.8. The largest absolute Gasteiger partial charge is 0.465 e. The SMILES string of the molecule is CCOC(=O)Cn1c(=NC(=O)c2ccc(F)cc2)sc2cc(C)cc(C)c21. The standard InChI is InChI=1S/C20H19FN2O3S/c1-4-26-17(24)11-23-18-13(3)9-12(2)10-16(18)27-20(23)22-19(25)14-5-7-15(21)8-6-14/h5-10H,4,11H2,1-3H3. The first kappa shape index (κ1) is 19.0. The van der Waals surface area contributed by atoms with Gasteiger partial charge in [-0.15, -0.1) is 0 Å². The van der Waals surface area contributed by atoms with Gasteiger partial charge in [-0.05, 0) is 62.2 Å². The number of aryl methyl sites for hydroxylation is 2. The maximum Gasteiger partial charge on any atom is 0.326 e. The molecule has 0 aliphatic rings. The van der Waals surface area contributed by atoms with Crippen LogP contribution in [0, 0.1) is 19.7 Å². The average molecular weight is 386 g/mol. The molecule has 7 heteroatoms. The molecule has 0 fully saturated rings. The van der Waals surface area contributed by atoms with Crippen LogP contribution in [0.5, 0.6) is 0 Å². The van der Waals surface area contributed by atoms with Gasteiger partial charge < -0.3 is 9.30 Å². The predicted octanol–water partition coefficient (Wildman–Crippen LogP) is 3.76. The molecule has 0 bridgehead atoms. The van der Waals surface area contributed by atoms with Gasteiger partial charge in [0, 0.05) is 5.56 Å². The van der Waals surface area contributed by atoms with Crippen LogP contribution in [0.4, 0.5) is 4.39 Å². The highest BCUT2D eigenvalue weighted by Gasteiger charge is 2.15. The first-order valence-electron chi connectivity index (χ1n) is 8.50. The van der Waals surface area contributed by atoms with Gasteiger partial charge in [-0.3, -0.25) is 9.59 Å². The van der Waals surface area contributed by atoms with Crippen molar-refractivity contribution in [2.24, 2.45) is 4.99 Å². The van der Waals surface area contributed by atoms with Crippen LogP contribution in [-0.2, 0) is 16.1 Å². The molecule has 5 nitrogen and oxygen atoms in total. The summed E-state index contributed by atoms with van der Waals surface area (Å²) in [6.07, 6.45) is 0. The summed E-state index contributed by atoms with van der Waals surface area (Å²) in [6, 6.07) is 9.22. The number of nitrogens with zero attached hydrogens (tertiary/aromatic N) is 2. The van der Waals surface area contributed by atoms with Gasteiger partial charge in [-0.25, -0.2) is 4.39 Å². The second-order valence-corrected chi connectivity index (χ2v) is 7.14. The zero-order valence-electron chi connectivity index (χ0n) is 15.3. The first-order valence-corrected chi connectivity index (χ1v) is 9.31. The van der Waals surface area contributed by atoms with E-state index in [4.69, 9.17) is 4.74 Å². The van der Waals surface area contributed by atoms with Crippen molar-refractivity contribution in [3.8, 4) is 0 Å². The van der Waals surface area contributed by atoms with E-state index in [2.05, 4.69) is 4.99 Å². The van der Waals surface area contributed by atoms with E-state index in [1.807, 2.05) is 26.0 Å². The molecule has 0 N–H and O–H groups in total. The Balaban J connectivity index is 2.15. The molecule has 3 rings (SSSR count). The van der Waals surface area contributed by atoms with Crippen LogP contribution < -0.4 is 4.80 Å². The smallest absolute Gasteiger partial charge is 0.326 e. The summed E-state index contributed by atoms with van der Waals surface area (Å²) in [5.41, 5.74) is 3.20. The fourth-order valence-corrected chi connectivity index (χ4v) is 4.11. The van der Waals surface area contributed by atoms with E-state index < -0.39 is 17.7 Å². The van der Waals surface area contributed by atoms with E-state index in [1.54, 1.807) is 11.5 Å². The van der Waals surface area contributed by atoms with Gasteiger partial charge >= 0.3 is 5.97 Å². The number of hydrogen-bond donors (Lipinski definition) is 0. The molecule has 27 heavy (non-hydrogen) atoms. The van der Waals surface area contributed by atoms with E-state index in [-0.39, 0.29) is 18.7 Å². The van der Waals surface area contributed by atoms with Crippen LogP contribution >= 0.6 is 11.3 Å². The maximum absolute atomic E-state index is 13.1. The summed E-state index contributed by atoms with van der Waals surface area (Å²) in [5.74, 6) is -1.31. The molecule has 0 radical (unpaired) electrons. The third kappa shape index (κ3) is 4.14. The van der Waals surface area contributed by atoms with Crippen molar-refractivity contribution in [1.82, 2.24) is 4.57 Å². The molecule has 1 aromatic heterocycles. The summed E-state index contributed by atoms with van der Waals surface area (Å²) < 4.78 is 20.8. The van der Waals surface area contributed by atoms with Crippen LogP contribution in [-0.4, -0.2) is 23.1 Å².